The van der Waals surface area contributed by atoms with E-state index in [0.717, 1.165) is 5.56 Å². The molecule has 2 aromatic heterocycles. The van der Waals surface area contributed by atoms with Crippen LogP contribution in [0, 0.1) is 0 Å². The Kier molecular flexibility index (Phi) is 5.74. The van der Waals surface area contributed by atoms with Crippen molar-refractivity contribution in [1.29, 1.82) is 0 Å². The van der Waals surface area contributed by atoms with Crippen LogP contribution in [0.3, 0.4) is 0 Å². The van der Waals surface area contributed by atoms with Crippen LogP contribution in [0.5, 0.6) is 0 Å². The molecular formula is C16H22N4O3S. The first kappa shape index (κ1) is 18.2. The maximum atomic E-state index is 12.5. The van der Waals surface area contributed by atoms with Gasteiger partial charge in [-0.25, -0.2) is 8.42 Å². The Morgan fingerprint density at radius 2 is 1.88 bits per heavy atom. The number of carbonyl (C=O) groups is 1. The van der Waals surface area contributed by atoms with Crippen molar-refractivity contribution in [3.63, 3.8) is 0 Å². The second-order valence-electron chi connectivity index (χ2n) is 5.30. The molecular weight excluding hydrogens is 328 g/mol. The number of amides is 1. The first-order valence-corrected chi connectivity index (χ1v) is 9.17. The average molecular weight is 350 g/mol. The highest BCUT2D eigenvalue weighted by molar-refractivity contribution is 7.89. The summed E-state index contributed by atoms with van der Waals surface area (Å²) >= 11 is 0. The number of aryl methyl sites for hydroxylation is 1. The van der Waals surface area contributed by atoms with Gasteiger partial charge in [-0.2, -0.15) is 4.31 Å². The minimum Gasteiger partial charge on any atom is -0.347 e. The summed E-state index contributed by atoms with van der Waals surface area (Å²) in [5, 5.41) is 2.78. The number of sulfonamides is 1. The summed E-state index contributed by atoms with van der Waals surface area (Å²) in [6.07, 6.45) is 4.77. The van der Waals surface area contributed by atoms with E-state index in [1.807, 2.05) is 12.1 Å². The number of carbonyl (C=O) groups excluding carboxylic acids is 1. The SMILES string of the molecule is CCN(CC)S(=O)(=O)c1cc(C(=O)NCc2ccncc2)n(C)c1. The van der Waals surface area contributed by atoms with E-state index >= 15 is 0 Å². The summed E-state index contributed by atoms with van der Waals surface area (Å²) in [4.78, 5) is 16.4. The van der Waals surface area contributed by atoms with E-state index in [2.05, 4.69) is 10.3 Å². The highest BCUT2D eigenvalue weighted by Crippen LogP contribution is 2.18. The maximum absolute atomic E-state index is 12.5. The van der Waals surface area contributed by atoms with Crippen molar-refractivity contribution in [3.8, 4) is 0 Å². The number of hydrogen-bond donors (Lipinski definition) is 1. The molecule has 0 fully saturated rings. The van der Waals surface area contributed by atoms with Gasteiger partial charge in [-0.3, -0.25) is 9.78 Å². The van der Waals surface area contributed by atoms with Gasteiger partial charge < -0.3 is 9.88 Å². The summed E-state index contributed by atoms with van der Waals surface area (Å²) in [5.74, 6) is -0.324. The Hall–Kier alpha value is -2.19. The third-order valence-electron chi connectivity index (χ3n) is 3.76. The van der Waals surface area contributed by atoms with E-state index in [1.165, 1.54) is 21.1 Å². The normalized spacial score (nSPS) is 11.7. The lowest BCUT2D eigenvalue weighted by molar-refractivity contribution is 0.0942. The Morgan fingerprint density at radius 3 is 2.46 bits per heavy atom. The molecule has 0 saturated carbocycles. The predicted octanol–water partition coefficient (Wildman–Crippen LogP) is 1.38. The average Bonchev–Trinajstić information content (AvgIpc) is 2.97. The molecule has 0 atom stereocenters. The fourth-order valence-corrected chi connectivity index (χ4v) is 3.92. The molecule has 2 heterocycles. The van der Waals surface area contributed by atoms with Crippen LogP contribution in [0.25, 0.3) is 0 Å². The smallest absolute Gasteiger partial charge is 0.268 e. The van der Waals surface area contributed by atoms with Gasteiger partial charge in [0.05, 0.1) is 0 Å². The van der Waals surface area contributed by atoms with Gasteiger partial charge in [0.15, 0.2) is 0 Å². The molecule has 1 amide bonds. The van der Waals surface area contributed by atoms with Crippen LogP contribution in [0.1, 0.15) is 29.9 Å². The van der Waals surface area contributed by atoms with Gasteiger partial charge in [0.2, 0.25) is 10.0 Å². The van der Waals surface area contributed by atoms with E-state index in [1.54, 1.807) is 33.3 Å². The van der Waals surface area contributed by atoms with Crippen molar-refractivity contribution in [1.82, 2.24) is 19.2 Å². The van der Waals surface area contributed by atoms with E-state index in [-0.39, 0.29) is 10.8 Å². The molecule has 24 heavy (non-hydrogen) atoms. The molecule has 0 aliphatic carbocycles. The molecule has 0 aliphatic heterocycles. The van der Waals surface area contributed by atoms with Gasteiger partial charge in [0.25, 0.3) is 5.91 Å². The van der Waals surface area contributed by atoms with Gasteiger partial charge in [-0.05, 0) is 23.8 Å². The molecule has 0 saturated heterocycles. The molecule has 8 heteroatoms. The third-order valence-corrected chi connectivity index (χ3v) is 5.77. The first-order chi connectivity index (χ1) is 11.4. The monoisotopic (exact) mass is 350 g/mol. The molecule has 0 bridgehead atoms. The zero-order valence-corrected chi connectivity index (χ0v) is 14.9. The van der Waals surface area contributed by atoms with Crippen LogP contribution in [-0.2, 0) is 23.6 Å². The Morgan fingerprint density at radius 1 is 1.25 bits per heavy atom. The third kappa shape index (κ3) is 3.82. The molecule has 1 N–H and O–H groups in total. The summed E-state index contributed by atoms with van der Waals surface area (Å²) in [6, 6.07) is 5.03. The van der Waals surface area contributed by atoms with Crippen molar-refractivity contribution in [3.05, 3.63) is 48.0 Å². The topological polar surface area (TPSA) is 84.3 Å². The molecule has 0 aromatic carbocycles. The molecule has 130 valence electrons. The van der Waals surface area contributed by atoms with Crippen molar-refractivity contribution in [2.24, 2.45) is 7.05 Å². The van der Waals surface area contributed by atoms with Gasteiger partial charge in [0.1, 0.15) is 10.6 Å². The van der Waals surface area contributed by atoms with Crippen LogP contribution in [0.15, 0.2) is 41.7 Å². The van der Waals surface area contributed by atoms with Crippen LogP contribution in [0.2, 0.25) is 0 Å². The predicted molar refractivity (Wildman–Crippen MR) is 90.9 cm³/mol. The quantitative estimate of drug-likeness (QED) is 0.818. The highest BCUT2D eigenvalue weighted by atomic mass is 32.2. The summed E-state index contributed by atoms with van der Waals surface area (Å²) < 4.78 is 28.0. The van der Waals surface area contributed by atoms with E-state index in [4.69, 9.17) is 0 Å². The van der Waals surface area contributed by atoms with Crippen LogP contribution >= 0.6 is 0 Å². The number of nitrogens with zero attached hydrogens (tertiary/aromatic N) is 3. The van der Waals surface area contributed by atoms with Gasteiger partial charge in [0, 0.05) is 45.3 Å². The maximum Gasteiger partial charge on any atom is 0.268 e. The molecule has 2 aromatic rings. The lowest BCUT2D eigenvalue weighted by atomic mass is 10.2. The minimum absolute atomic E-state index is 0.128. The molecule has 2 rings (SSSR count). The Balaban J connectivity index is 2.17. The van der Waals surface area contributed by atoms with E-state index in [9.17, 15) is 13.2 Å². The van der Waals surface area contributed by atoms with Crippen molar-refractivity contribution < 1.29 is 13.2 Å². The Labute approximate surface area is 142 Å². The van der Waals surface area contributed by atoms with Crippen molar-refractivity contribution >= 4 is 15.9 Å². The largest absolute Gasteiger partial charge is 0.347 e. The summed E-state index contributed by atoms with van der Waals surface area (Å²) in [5.41, 5.74) is 1.22. The zero-order chi connectivity index (χ0) is 17.7. The summed E-state index contributed by atoms with van der Waals surface area (Å²) in [6.45, 7) is 4.69. The second-order valence-corrected chi connectivity index (χ2v) is 7.24. The fraction of sp³-hybridized carbons (Fsp3) is 0.375. The van der Waals surface area contributed by atoms with E-state index in [0.29, 0.717) is 25.3 Å². The number of pyridine rings is 1. The van der Waals surface area contributed by atoms with Gasteiger partial charge >= 0.3 is 0 Å². The van der Waals surface area contributed by atoms with Gasteiger partial charge in [-0.15, -0.1) is 0 Å². The Bertz CT molecular complexity index is 796. The molecule has 0 radical (unpaired) electrons. The number of aromatic nitrogens is 2. The fourth-order valence-electron chi connectivity index (χ4n) is 2.39. The molecule has 0 aliphatic rings. The second kappa shape index (κ2) is 7.59. The van der Waals surface area contributed by atoms with Crippen molar-refractivity contribution in [2.75, 3.05) is 13.1 Å². The molecule has 0 spiro atoms. The molecule has 0 unspecified atom stereocenters. The first-order valence-electron chi connectivity index (χ1n) is 7.73. The minimum atomic E-state index is -3.58. The standard InChI is InChI=1S/C16H22N4O3S/c1-4-20(5-2)24(22,23)14-10-15(19(3)12-14)16(21)18-11-13-6-8-17-9-7-13/h6-10,12H,4-5,11H2,1-3H3,(H,18,21). The summed E-state index contributed by atoms with van der Waals surface area (Å²) in [7, 11) is -1.92. The van der Waals surface area contributed by atoms with Crippen LogP contribution in [0.4, 0.5) is 0 Å². The van der Waals surface area contributed by atoms with Crippen LogP contribution < -0.4 is 5.32 Å². The van der Waals surface area contributed by atoms with Crippen molar-refractivity contribution in [2.45, 2.75) is 25.3 Å². The zero-order valence-electron chi connectivity index (χ0n) is 14.1. The molecule has 7 nitrogen and oxygen atoms in total. The van der Waals surface area contributed by atoms with E-state index < -0.39 is 10.0 Å². The number of rotatable bonds is 7. The number of nitrogens with one attached hydrogen (secondary N) is 1. The lowest BCUT2D eigenvalue weighted by Crippen LogP contribution is -2.30. The van der Waals surface area contributed by atoms with Crippen LogP contribution in [-0.4, -0.2) is 41.3 Å². The van der Waals surface area contributed by atoms with Gasteiger partial charge in [-0.1, -0.05) is 13.8 Å². The highest BCUT2D eigenvalue weighted by Gasteiger charge is 2.25. The lowest BCUT2D eigenvalue weighted by Gasteiger charge is -2.17. The number of hydrogen-bond acceptors (Lipinski definition) is 4.